The van der Waals surface area contributed by atoms with Gasteiger partial charge in [-0.05, 0) is 79.7 Å². The van der Waals surface area contributed by atoms with Crippen LogP contribution in [0.4, 0.5) is 0 Å². The van der Waals surface area contributed by atoms with Gasteiger partial charge in [-0.15, -0.1) is 0 Å². The number of benzene rings is 4. The van der Waals surface area contributed by atoms with E-state index in [1.807, 2.05) is 91.0 Å². The van der Waals surface area contributed by atoms with Crippen LogP contribution in [0, 0.1) is 6.92 Å². The maximum absolute atomic E-state index is 12.8. The molecule has 0 saturated carbocycles. The first kappa shape index (κ1) is 22.7. The molecule has 4 heteroatoms. The summed E-state index contributed by atoms with van der Waals surface area (Å²) >= 11 is 1.68. The Morgan fingerprint density at radius 2 is 1.12 bits per heavy atom. The van der Waals surface area contributed by atoms with Crippen LogP contribution in [-0.2, 0) is 0 Å². The molecule has 4 aromatic carbocycles. The minimum Gasteiger partial charge on any atom is -0.493 e. The molecule has 0 unspecified atom stereocenters. The molecule has 0 atom stereocenters. The molecule has 0 aliphatic heterocycles. The Labute approximate surface area is 199 Å². The van der Waals surface area contributed by atoms with E-state index in [9.17, 15) is 4.79 Å². The zero-order valence-corrected chi connectivity index (χ0v) is 19.4. The van der Waals surface area contributed by atoms with Gasteiger partial charge >= 0.3 is 0 Å². The Morgan fingerprint density at radius 1 is 0.636 bits per heavy atom. The normalized spacial score (nSPS) is 10.6. The quantitative estimate of drug-likeness (QED) is 0.187. The van der Waals surface area contributed by atoms with Crippen molar-refractivity contribution in [3.63, 3.8) is 0 Å². The monoisotopic (exact) mass is 454 g/mol. The molecular weight excluding hydrogens is 428 g/mol. The molecule has 0 saturated heterocycles. The Bertz CT molecular complexity index is 1150. The number of aryl methyl sites for hydroxylation is 1. The van der Waals surface area contributed by atoms with E-state index < -0.39 is 0 Å². The highest BCUT2D eigenvalue weighted by Gasteiger charge is 2.09. The van der Waals surface area contributed by atoms with Gasteiger partial charge in [-0.1, -0.05) is 47.7 Å². The lowest BCUT2D eigenvalue weighted by molar-refractivity contribution is 0.103. The molecule has 0 spiro atoms. The van der Waals surface area contributed by atoms with Crippen LogP contribution in [0.25, 0.3) is 0 Å². The molecule has 4 aromatic rings. The Kier molecular flexibility index (Phi) is 7.83. The van der Waals surface area contributed by atoms with Gasteiger partial charge in [-0.3, -0.25) is 4.79 Å². The summed E-state index contributed by atoms with van der Waals surface area (Å²) in [5.74, 6) is 1.62. The van der Waals surface area contributed by atoms with E-state index in [1.54, 1.807) is 11.8 Å². The number of hydrogen-bond donors (Lipinski definition) is 0. The molecule has 0 heterocycles. The van der Waals surface area contributed by atoms with Crippen molar-refractivity contribution in [1.82, 2.24) is 0 Å². The number of carbonyl (C=O) groups excluding carboxylic acids is 1. The van der Waals surface area contributed by atoms with Crippen molar-refractivity contribution < 1.29 is 14.3 Å². The zero-order chi connectivity index (χ0) is 22.9. The van der Waals surface area contributed by atoms with E-state index in [2.05, 4.69) is 19.1 Å². The maximum atomic E-state index is 12.8. The molecule has 0 aliphatic carbocycles. The van der Waals surface area contributed by atoms with Crippen molar-refractivity contribution in [3.05, 3.63) is 120 Å². The lowest BCUT2D eigenvalue weighted by Gasteiger charge is -2.09. The zero-order valence-electron chi connectivity index (χ0n) is 18.6. The van der Waals surface area contributed by atoms with Gasteiger partial charge in [0.2, 0.25) is 0 Å². The summed E-state index contributed by atoms with van der Waals surface area (Å²) in [6.45, 7) is 3.20. The molecule has 0 bridgehead atoms. The predicted octanol–water partition coefficient (Wildman–Crippen LogP) is 7.23. The summed E-state index contributed by atoms with van der Waals surface area (Å²) in [4.78, 5) is 15.1. The van der Waals surface area contributed by atoms with E-state index in [4.69, 9.17) is 9.47 Å². The minimum atomic E-state index is 0.00399. The van der Waals surface area contributed by atoms with Crippen LogP contribution in [0.5, 0.6) is 11.5 Å². The second-order valence-electron chi connectivity index (χ2n) is 7.66. The Hall–Kier alpha value is -3.50. The van der Waals surface area contributed by atoms with Crippen LogP contribution in [0.1, 0.15) is 27.9 Å². The van der Waals surface area contributed by atoms with Crippen molar-refractivity contribution in [3.8, 4) is 11.5 Å². The van der Waals surface area contributed by atoms with E-state index in [0.717, 1.165) is 22.8 Å². The van der Waals surface area contributed by atoms with E-state index in [-0.39, 0.29) is 5.78 Å². The third-order valence-electron chi connectivity index (χ3n) is 5.06. The molecule has 0 amide bonds. The van der Waals surface area contributed by atoms with Gasteiger partial charge in [0.1, 0.15) is 11.5 Å². The number of carbonyl (C=O) groups is 1. The van der Waals surface area contributed by atoms with Crippen molar-refractivity contribution in [2.45, 2.75) is 23.1 Å². The summed E-state index contributed by atoms with van der Waals surface area (Å²) in [6, 6.07) is 33.3. The molecule has 4 rings (SSSR count). The first-order valence-corrected chi connectivity index (χ1v) is 11.8. The average Bonchev–Trinajstić information content (AvgIpc) is 2.86. The fraction of sp³-hybridized carbons (Fsp3) is 0.138. The second kappa shape index (κ2) is 11.4. The molecule has 0 aliphatic rings. The van der Waals surface area contributed by atoms with Crippen molar-refractivity contribution in [1.29, 1.82) is 0 Å². The average molecular weight is 455 g/mol. The number of ketones is 1. The summed E-state index contributed by atoms with van der Waals surface area (Å²) in [5.41, 5.74) is 2.54. The number of hydrogen-bond acceptors (Lipinski definition) is 4. The van der Waals surface area contributed by atoms with Crippen LogP contribution in [0.15, 0.2) is 113 Å². The SMILES string of the molecule is Cc1ccc(OCCCOc2ccc(C(=O)c3ccc(Sc4ccccc4)cc3)cc2)cc1. The Balaban J connectivity index is 1.24. The molecule has 0 aromatic heterocycles. The predicted molar refractivity (Wildman–Crippen MR) is 134 cm³/mol. The lowest BCUT2D eigenvalue weighted by Crippen LogP contribution is -2.05. The minimum absolute atomic E-state index is 0.00399. The maximum Gasteiger partial charge on any atom is 0.193 e. The second-order valence-corrected chi connectivity index (χ2v) is 8.80. The van der Waals surface area contributed by atoms with Crippen LogP contribution in [0.2, 0.25) is 0 Å². The molecular formula is C29H26O3S. The van der Waals surface area contributed by atoms with Crippen LogP contribution in [0.3, 0.4) is 0 Å². The van der Waals surface area contributed by atoms with Gasteiger partial charge in [0.25, 0.3) is 0 Å². The van der Waals surface area contributed by atoms with Crippen LogP contribution in [-0.4, -0.2) is 19.0 Å². The van der Waals surface area contributed by atoms with Gasteiger partial charge in [0, 0.05) is 27.3 Å². The molecule has 0 fully saturated rings. The first-order chi connectivity index (χ1) is 16.2. The van der Waals surface area contributed by atoms with Gasteiger partial charge < -0.3 is 9.47 Å². The molecule has 33 heavy (non-hydrogen) atoms. The van der Waals surface area contributed by atoms with Gasteiger partial charge in [0.05, 0.1) is 13.2 Å². The van der Waals surface area contributed by atoms with Gasteiger partial charge in [-0.2, -0.15) is 0 Å². The summed E-state index contributed by atoms with van der Waals surface area (Å²) < 4.78 is 11.5. The summed E-state index contributed by atoms with van der Waals surface area (Å²) in [5, 5.41) is 0. The molecule has 166 valence electrons. The fourth-order valence-corrected chi connectivity index (χ4v) is 4.08. The van der Waals surface area contributed by atoms with Crippen molar-refractivity contribution in [2.24, 2.45) is 0 Å². The van der Waals surface area contributed by atoms with Crippen molar-refractivity contribution in [2.75, 3.05) is 13.2 Å². The van der Waals surface area contributed by atoms with E-state index >= 15 is 0 Å². The van der Waals surface area contributed by atoms with E-state index in [0.29, 0.717) is 24.3 Å². The van der Waals surface area contributed by atoms with Gasteiger partial charge in [0.15, 0.2) is 5.78 Å². The molecule has 0 radical (unpaired) electrons. The summed E-state index contributed by atoms with van der Waals surface area (Å²) in [6.07, 6.45) is 0.780. The third kappa shape index (κ3) is 6.74. The fourth-order valence-electron chi connectivity index (χ4n) is 3.24. The smallest absolute Gasteiger partial charge is 0.193 e. The van der Waals surface area contributed by atoms with E-state index in [1.165, 1.54) is 10.5 Å². The standard InChI is InChI=1S/C29H26O3S/c1-22-8-14-25(15-9-22)31-20-5-21-32-26-16-10-23(11-17-26)29(30)24-12-18-28(19-13-24)33-27-6-3-2-4-7-27/h2-4,6-19H,5,20-21H2,1H3. The largest absolute Gasteiger partial charge is 0.493 e. The van der Waals surface area contributed by atoms with Crippen LogP contribution >= 0.6 is 11.8 Å². The summed E-state index contributed by atoms with van der Waals surface area (Å²) in [7, 11) is 0. The lowest BCUT2D eigenvalue weighted by atomic mass is 10.0. The highest BCUT2D eigenvalue weighted by atomic mass is 32.2. The van der Waals surface area contributed by atoms with Gasteiger partial charge in [-0.25, -0.2) is 0 Å². The highest BCUT2D eigenvalue weighted by Crippen LogP contribution is 2.28. The highest BCUT2D eigenvalue weighted by molar-refractivity contribution is 7.99. The first-order valence-electron chi connectivity index (χ1n) is 11.0. The molecule has 0 N–H and O–H groups in total. The Morgan fingerprint density at radius 3 is 1.70 bits per heavy atom. The van der Waals surface area contributed by atoms with Crippen LogP contribution < -0.4 is 9.47 Å². The van der Waals surface area contributed by atoms with Crippen molar-refractivity contribution >= 4 is 17.5 Å². The number of rotatable bonds is 10. The topological polar surface area (TPSA) is 35.5 Å². The number of ether oxygens (including phenoxy) is 2. The third-order valence-corrected chi connectivity index (χ3v) is 6.07. The molecule has 3 nitrogen and oxygen atoms in total.